The van der Waals surface area contributed by atoms with Crippen molar-refractivity contribution in [3.05, 3.63) is 29.3 Å². The number of ether oxygens (including phenoxy) is 1. The Hall–Kier alpha value is -2.70. The lowest BCUT2D eigenvalue weighted by atomic mass is 9.81. The number of amides is 3. The Morgan fingerprint density at radius 1 is 1.14 bits per heavy atom. The van der Waals surface area contributed by atoms with Gasteiger partial charge in [-0.05, 0) is 69.1 Å². The van der Waals surface area contributed by atoms with Crippen LogP contribution in [0.25, 0.3) is 0 Å². The van der Waals surface area contributed by atoms with Crippen LogP contribution in [0.1, 0.15) is 37.3 Å². The molecule has 1 N–H and O–H groups in total. The summed E-state index contributed by atoms with van der Waals surface area (Å²) in [6.45, 7) is 4.81. The van der Waals surface area contributed by atoms with Crippen LogP contribution in [0.3, 0.4) is 0 Å². The maximum absolute atomic E-state index is 12.8. The number of nitrogens with zero attached hydrogens (tertiary/aromatic N) is 1. The lowest BCUT2D eigenvalue weighted by Crippen LogP contribution is -2.45. The highest BCUT2D eigenvalue weighted by molar-refractivity contribution is 6.08. The van der Waals surface area contributed by atoms with Gasteiger partial charge < -0.3 is 10.1 Å². The standard InChI is InChI=1S/C22H26N2O5/c1-11-4-5-12(2)16(8-11)23-17(25)10-29-22(28)13(3)24-20(26)18-14-6-7-15(9-14)19(18)21(24)27/h4-5,8,13-15,18-19H,6-7,9-10H2,1-3H3,(H,23,25)/t13-,14+,15+,18-,19+/m0/s1. The minimum absolute atomic E-state index is 0.253. The second-order valence-corrected chi connectivity index (χ2v) is 8.58. The summed E-state index contributed by atoms with van der Waals surface area (Å²) in [4.78, 5) is 51.3. The van der Waals surface area contributed by atoms with E-state index in [2.05, 4.69) is 5.32 Å². The van der Waals surface area contributed by atoms with Crippen molar-refractivity contribution in [3.8, 4) is 0 Å². The monoisotopic (exact) mass is 398 g/mol. The third-order valence-corrected chi connectivity index (χ3v) is 6.70. The molecule has 154 valence electrons. The van der Waals surface area contributed by atoms with Crippen molar-refractivity contribution in [2.75, 3.05) is 11.9 Å². The summed E-state index contributed by atoms with van der Waals surface area (Å²) in [6, 6.07) is 4.66. The van der Waals surface area contributed by atoms with Crippen LogP contribution in [0, 0.1) is 37.5 Å². The summed E-state index contributed by atoms with van der Waals surface area (Å²) < 4.78 is 5.11. The first kappa shape index (κ1) is 19.6. The first-order valence-electron chi connectivity index (χ1n) is 10.2. The van der Waals surface area contributed by atoms with Crippen LogP contribution in [0.2, 0.25) is 0 Å². The van der Waals surface area contributed by atoms with Crippen LogP contribution < -0.4 is 5.32 Å². The summed E-state index contributed by atoms with van der Waals surface area (Å²) in [7, 11) is 0. The molecule has 2 aliphatic carbocycles. The van der Waals surface area contributed by atoms with Crippen LogP contribution in [-0.4, -0.2) is 41.2 Å². The maximum atomic E-state index is 12.8. The molecule has 1 heterocycles. The third kappa shape index (κ3) is 3.32. The minimum Gasteiger partial charge on any atom is -0.454 e. The van der Waals surface area contributed by atoms with Gasteiger partial charge in [0.1, 0.15) is 6.04 Å². The van der Waals surface area contributed by atoms with Gasteiger partial charge in [0.2, 0.25) is 11.8 Å². The van der Waals surface area contributed by atoms with Gasteiger partial charge in [0.05, 0.1) is 11.8 Å². The highest BCUT2D eigenvalue weighted by atomic mass is 16.5. The van der Waals surface area contributed by atoms with E-state index in [9.17, 15) is 19.2 Å². The van der Waals surface area contributed by atoms with E-state index < -0.39 is 24.5 Å². The Morgan fingerprint density at radius 2 is 1.76 bits per heavy atom. The molecule has 4 rings (SSSR count). The molecule has 29 heavy (non-hydrogen) atoms. The van der Waals surface area contributed by atoms with E-state index >= 15 is 0 Å². The number of likely N-dealkylation sites (tertiary alicyclic amines) is 1. The Balaban J connectivity index is 1.35. The van der Waals surface area contributed by atoms with Gasteiger partial charge in [-0.1, -0.05) is 12.1 Å². The lowest BCUT2D eigenvalue weighted by Gasteiger charge is -2.23. The molecule has 0 radical (unpaired) electrons. The molecular formula is C22H26N2O5. The quantitative estimate of drug-likeness (QED) is 0.606. The molecule has 0 unspecified atom stereocenters. The number of carbonyl (C=O) groups is 4. The second kappa shape index (κ2) is 7.28. The lowest BCUT2D eigenvalue weighted by molar-refractivity contribution is -0.159. The number of nitrogens with one attached hydrogen (secondary N) is 1. The second-order valence-electron chi connectivity index (χ2n) is 8.58. The number of rotatable bonds is 5. The Labute approximate surface area is 169 Å². The molecular weight excluding hydrogens is 372 g/mol. The predicted molar refractivity (Wildman–Crippen MR) is 105 cm³/mol. The molecule has 7 heteroatoms. The van der Waals surface area contributed by atoms with Gasteiger partial charge in [-0.25, -0.2) is 4.79 Å². The molecule has 0 spiro atoms. The topological polar surface area (TPSA) is 92.8 Å². The SMILES string of the molecule is Cc1ccc(C)c(NC(=O)COC(=O)[C@H](C)N2C(=O)[C@@H]3[C@@H]4CC[C@H](C4)[C@@H]3C2=O)c1. The summed E-state index contributed by atoms with van der Waals surface area (Å²) in [6.07, 6.45) is 2.91. The van der Waals surface area contributed by atoms with Gasteiger partial charge in [0.15, 0.2) is 6.61 Å². The van der Waals surface area contributed by atoms with Crippen molar-refractivity contribution in [3.63, 3.8) is 0 Å². The zero-order valence-corrected chi connectivity index (χ0v) is 16.9. The van der Waals surface area contributed by atoms with Gasteiger partial charge in [-0.15, -0.1) is 0 Å². The summed E-state index contributed by atoms with van der Waals surface area (Å²) in [5.41, 5.74) is 2.56. The fourth-order valence-corrected chi connectivity index (χ4v) is 5.23. The van der Waals surface area contributed by atoms with Crippen molar-refractivity contribution >= 4 is 29.4 Å². The average molecular weight is 398 g/mol. The van der Waals surface area contributed by atoms with Crippen molar-refractivity contribution in [2.24, 2.45) is 23.7 Å². The summed E-state index contributed by atoms with van der Waals surface area (Å²) >= 11 is 0. The number of hydrogen-bond acceptors (Lipinski definition) is 5. The molecule has 1 aromatic carbocycles. The van der Waals surface area contributed by atoms with Crippen molar-refractivity contribution in [1.82, 2.24) is 4.90 Å². The van der Waals surface area contributed by atoms with E-state index in [1.807, 2.05) is 32.0 Å². The number of anilines is 1. The largest absolute Gasteiger partial charge is 0.454 e. The van der Waals surface area contributed by atoms with Crippen molar-refractivity contribution < 1.29 is 23.9 Å². The molecule has 0 aromatic heterocycles. The zero-order valence-electron chi connectivity index (χ0n) is 16.9. The number of imide groups is 1. The van der Waals surface area contributed by atoms with Crippen LogP contribution in [-0.2, 0) is 23.9 Å². The Kier molecular flexibility index (Phi) is 4.92. The molecule has 3 amide bonds. The van der Waals surface area contributed by atoms with Gasteiger partial charge in [-0.2, -0.15) is 0 Å². The molecule has 2 saturated carbocycles. The number of esters is 1. The molecule has 3 fully saturated rings. The first-order valence-corrected chi connectivity index (χ1v) is 10.2. The molecule has 2 bridgehead atoms. The zero-order chi connectivity index (χ0) is 20.9. The maximum Gasteiger partial charge on any atom is 0.329 e. The fourth-order valence-electron chi connectivity index (χ4n) is 5.23. The van der Waals surface area contributed by atoms with Crippen LogP contribution in [0.4, 0.5) is 5.69 Å². The Bertz CT molecular complexity index is 867. The molecule has 5 atom stereocenters. The molecule has 1 saturated heterocycles. The molecule has 3 aliphatic rings. The van der Waals surface area contributed by atoms with Crippen molar-refractivity contribution in [2.45, 2.75) is 46.1 Å². The summed E-state index contributed by atoms with van der Waals surface area (Å²) in [5.74, 6) is -1.74. The number of hydrogen-bond donors (Lipinski definition) is 1. The fraction of sp³-hybridized carbons (Fsp3) is 0.545. The molecule has 7 nitrogen and oxygen atoms in total. The van der Waals surface area contributed by atoms with Crippen LogP contribution in [0.15, 0.2) is 18.2 Å². The highest BCUT2D eigenvalue weighted by Gasteiger charge is 2.62. The van der Waals surface area contributed by atoms with E-state index in [1.54, 1.807) is 0 Å². The van der Waals surface area contributed by atoms with Gasteiger partial charge >= 0.3 is 5.97 Å². The van der Waals surface area contributed by atoms with E-state index in [4.69, 9.17) is 4.74 Å². The minimum atomic E-state index is -1.02. The first-order chi connectivity index (χ1) is 13.8. The number of fused-ring (bicyclic) bond motifs is 5. The summed E-state index contributed by atoms with van der Waals surface area (Å²) in [5, 5.41) is 2.72. The number of aryl methyl sites for hydroxylation is 2. The van der Waals surface area contributed by atoms with Crippen LogP contribution in [0.5, 0.6) is 0 Å². The number of carbonyl (C=O) groups excluding carboxylic acids is 4. The number of benzene rings is 1. The highest BCUT2D eigenvalue weighted by Crippen LogP contribution is 2.56. The molecule has 1 aliphatic heterocycles. The van der Waals surface area contributed by atoms with Crippen molar-refractivity contribution in [1.29, 1.82) is 0 Å². The van der Waals surface area contributed by atoms with E-state index in [1.165, 1.54) is 6.92 Å². The smallest absolute Gasteiger partial charge is 0.329 e. The normalized spacial score (nSPS) is 28.4. The predicted octanol–water partition coefficient (Wildman–Crippen LogP) is 2.20. The Morgan fingerprint density at radius 3 is 2.38 bits per heavy atom. The van der Waals surface area contributed by atoms with E-state index in [-0.39, 0.29) is 35.5 Å². The van der Waals surface area contributed by atoms with Gasteiger partial charge in [0, 0.05) is 5.69 Å². The average Bonchev–Trinajstić information content (AvgIpc) is 3.36. The molecule has 1 aromatic rings. The van der Waals surface area contributed by atoms with E-state index in [0.29, 0.717) is 5.69 Å². The van der Waals surface area contributed by atoms with Gasteiger partial charge in [0.25, 0.3) is 5.91 Å². The van der Waals surface area contributed by atoms with Crippen LogP contribution >= 0.6 is 0 Å². The van der Waals surface area contributed by atoms with Gasteiger partial charge in [-0.3, -0.25) is 19.3 Å². The third-order valence-electron chi connectivity index (χ3n) is 6.70. The van der Waals surface area contributed by atoms with E-state index in [0.717, 1.165) is 35.3 Å².